The van der Waals surface area contributed by atoms with Crippen LogP contribution in [0.5, 0.6) is 17.4 Å². The topological polar surface area (TPSA) is 96.3 Å². The molecule has 7 nitrogen and oxygen atoms in total. The van der Waals surface area contributed by atoms with Crippen LogP contribution in [-0.2, 0) is 4.79 Å². The third-order valence-electron chi connectivity index (χ3n) is 3.46. The predicted molar refractivity (Wildman–Crippen MR) is 95.6 cm³/mol. The highest BCUT2D eigenvalue weighted by molar-refractivity contribution is 9.10. The predicted octanol–water partition coefficient (Wildman–Crippen LogP) is 4.47. The average molecular weight is 422 g/mol. The molecule has 134 valence electrons. The first-order chi connectivity index (χ1) is 12.5. The van der Waals surface area contributed by atoms with Crippen LogP contribution in [0.4, 0.5) is 10.1 Å². The van der Waals surface area contributed by atoms with Gasteiger partial charge in [0.25, 0.3) is 0 Å². The maximum absolute atomic E-state index is 13.6. The van der Waals surface area contributed by atoms with E-state index in [0.29, 0.717) is 21.5 Å². The molecular formula is C17H13BrFN3O4. The van der Waals surface area contributed by atoms with Crippen molar-refractivity contribution >= 4 is 38.4 Å². The number of fused-ring (bicyclic) bond motifs is 1. The van der Waals surface area contributed by atoms with Gasteiger partial charge in [-0.15, -0.1) is 10.2 Å². The quantitative estimate of drug-likeness (QED) is 0.593. The van der Waals surface area contributed by atoms with Crippen molar-refractivity contribution in [3.05, 3.63) is 46.7 Å². The summed E-state index contributed by atoms with van der Waals surface area (Å²) in [5.41, 5.74) is 0.404. The van der Waals surface area contributed by atoms with Crippen LogP contribution in [0.2, 0.25) is 0 Å². The summed E-state index contributed by atoms with van der Waals surface area (Å²) in [6.07, 6.45) is 0. The number of nitrogens with one attached hydrogen (secondary N) is 1. The van der Waals surface area contributed by atoms with Gasteiger partial charge in [0.15, 0.2) is 23.8 Å². The van der Waals surface area contributed by atoms with Gasteiger partial charge in [-0.2, -0.15) is 0 Å². The lowest BCUT2D eigenvalue weighted by atomic mass is 10.2. The van der Waals surface area contributed by atoms with Gasteiger partial charge >= 0.3 is 5.91 Å². The number of carbonyl (C=O) groups is 1. The van der Waals surface area contributed by atoms with Crippen LogP contribution in [-0.4, -0.2) is 29.7 Å². The van der Waals surface area contributed by atoms with Crippen LogP contribution in [0.25, 0.3) is 10.9 Å². The van der Waals surface area contributed by atoms with Crippen LogP contribution < -0.4 is 9.47 Å². The molecule has 2 aromatic carbocycles. The molecule has 0 radical (unpaired) electrons. The van der Waals surface area contributed by atoms with Gasteiger partial charge in [0.2, 0.25) is 5.88 Å². The molecule has 0 fully saturated rings. The first-order valence-electron chi connectivity index (χ1n) is 7.39. The number of amides is 1. The number of methoxy groups -OCH3 is 1. The molecule has 3 rings (SSSR count). The molecule has 3 aromatic rings. The Labute approximate surface area is 155 Å². The molecule has 1 aromatic heterocycles. The largest absolute Gasteiger partial charge is 0.493 e. The molecule has 0 aliphatic heterocycles. The van der Waals surface area contributed by atoms with Gasteiger partial charge in [-0.1, -0.05) is 12.1 Å². The van der Waals surface area contributed by atoms with Crippen molar-refractivity contribution in [2.45, 2.75) is 0 Å². The number of benzene rings is 2. The first kappa shape index (κ1) is 17.9. The fourth-order valence-electron chi connectivity index (χ4n) is 2.31. The Bertz CT molecular complexity index is 1000. The van der Waals surface area contributed by atoms with E-state index in [-0.39, 0.29) is 23.6 Å². The Morgan fingerprint density at radius 3 is 2.77 bits per heavy atom. The SMILES string of the molecule is COc1ccccc1OCC(=O)N=Nc1c(O)[nH]c2c(Br)cc(F)cc12. The van der Waals surface area contributed by atoms with E-state index in [1.165, 1.54) is 19.2 Å². The number of rotatable bonds is 5. The fourth-order valence-corrected chi connectivity index (χ4v) is 2.84. The Kier molecular flexibility index (Phi) is 5.17. The number of hydrogen-bond donors (Lipinski definition) is 2. The number of azo groups is 1. The second-order valence-corrected chi connectivity index (χ2v) is 6.02. The summed E-state index contributed by atoms with van der Waals surface area (Å²) in [7, 11) is 1.49. The Morgan fingerprint density at radius 1 is 1.31 bits per heavy atom. The highest BCUT2D eigenvalue weighted by Crippen LogP contribution is 2.39. The molecule has 1 amide bonds. The maximum atomic E-state index is 13.6. The normalized spacial score (nSPS) is 11.2. The standard InChI is InChI=1S/C17H13BrFN3O4/c1-25-12-4-2-3-5-13(12)26-8-14(23)21-22-16-10-6-9(19)7-11(18)15(10)20-17(16)24/h2-7,20,24H,8H2,1H3. The summed E-state index contributed by atoms with van der Waals surface area (Å²) >= 11 is 3.19. The molecule has 0 bridgehead atoms. The molecule has 2 N–H and O–H groups in total. The van der Waals surface area contributed by atoms with Gasteiger partial charge in [-0.25, -0.2) is 4.39 Å². The molecule has 0 saturated carbocycles. The molecule has 26 heavy (non-hydrogen) atoms. The van der Waals surface area contributed by atoms with Crippen molar-refractivity contribution in [1.29, 1.82) is 0 Å². The highest BCUT2D eigenvalue weighted by Gasteiger charge is 2.15. The van der Waals surface area contributed by atoms with E-state index in [2.05, 4.69) is 31.1 Å². The number of H-pyrrole nitrogens is 1. The second-order valence-electron chi connectivity index (χ2n) is 5.17. The van der Waals surface area contributed by atoms with Gasteiger partial charge < -0.3 is 19.6 Å². The molecule has 0 aliphatic carbocycles. The number of nitrogens with zero attached hydrogens (tertiary/aromatic N) is 2. The summed E-state index contributed by atoms with van der Waals surface area (Å²) in [6, 6.07) is 9.27. The number of para-hydroxylation sites is 2. The lowest BCUT2D eigenvalue weighted by molar-refractivity contribution is -0.120. The maximum Gasteiger partial charge on any atom is 0.302 e. The minimum absolute atomic E-state index is 0.0363. The van der Waals surface area contributed by atoms with Crippen molar-refractivity contribution < 1.29 is 23.8 Å². The lowest BCUT2D eigenvalue weighted by Gasteiger charge is -2.07. The summed E-state index contributed by atoms with van der Waals surface area (Å²) < 4.78 is 24.4. The summed E-state index contributed by atoms with van der Waals surface area (Å²) in [5, 5.41) is 17.5. The smallest absolute Gasteiger partial charge is 0.302 e. The minimum atomic E-state index is -0.680. The van der Waals surface area contributed by atoms with Crippen LogP contribution in [0.15, 0.2) is 51.1 Å². The number of halogens is 2. The zero-order chi connectivity index (χ0) is 18.7. The van der Waals surface area contributed by atoms with Gasteiger partial charge in [0.05, 0.1) is 12.6 Å². The first-order valence-corrected chi connectivity index (χ1v) is 8.19. The number of aromatic nitrogens is 1. The van der Waals surface area contributed by atoms with Gasteiger partial charge in [0.1, 0.15) is 5.82 Å². The van der Waals surface area contributed by atoms with Gasteiger partial charge in [-0.05, 0) is 40.2 Å². The van der Waals surface area contributed by atoms with Crippen molar-refractivity contribution in [3.63, 3.8) is 0 Å². The molecule has 9 heteroatoms. The van der Waals surface area contributed by atoms with E-state index in [0.717, 1.165) is 0 Å². The summed E-state index contributed by atoms with van der Waals surface area (Å²) in [4.78, 5) is 14.5. The van der Waals surface area contributed by atoms with E-state index in [1.807, 2.05) is 0 Å². The van der Waals surface area contributed by atoms with Crippen molar-refractivity contribution in [1.82, 2.24) is 4.98 Å². The van der Waals surface area contributed by atoms with Crippen LogP contribution in [0.3, 0.4) is 0 Å². The molecular weight excluding hydrogens is 409 g/mol. The van der Waals surface area contributed by atoms with Crippen LogP contribution in [0, 0.1) is 5.82 Å². The summed E-state index contributed by atoms with van der Waals surface area (Å²) in [5.74, 6) is -0.661. The number of hydrogen-bond acceptors (Lipinski definition) is 5. The Hall–Kier alpha value is -2.94. The fraction of sp³-hybridized carbons (Fsp3) is 0.118. The Morgan fingerprint density at radius 2 is 2.04 bits per heavy atom. The average Bonchev–Trinajstić information content (AvgIpc) is 2.94. The molecule has 0 saturated heterocycles. The number of ether oxygens (including phenoxy) is 2. The minimum Gasteiger partial charge on any atom is -0.493 e. The van der Waals surface area contributed by atoms with E-state index in [9.17, 15) is 14.3 Å². The van der Waals surface area contributed by atoms with E-state index >= 15 is 0 Å². The lowest BCUT2D eigenvalue weighted by Crippen LogP contribution is -2.08. The number of carbonyl (C=O) groups excluding carboxylic acids is 1. The molecule has 0 atom stereocenters. The van der Waals surface area contributed by atoms with Crippen molar-refractivity contribution in [3.8, 4) is 17.4 Å². The number of aromatic amines is 1. The van der Waals surface area contributed by atoms with Gasteiger partial charge in [-0.3, -0.25) is 4.79 Å². The van der Waals surface area contributed by atoms with Crippen LogP contribution >= 0.6 is 15.9 Å². The zero-order valence-electron chi connectivity index (χ0n) is 13.5. The third-order valence-corrected chi connectivity index (χ3v) is 4.09. The molecule has 0 aliphatic rings. The zero-order valence-corrected chi connectivity index (χ0v) is 15.1. The third kappa shape index (κ3) is 3.67. The van der Waals surface area contributed by atoms with Gasteiger partial charge in [0, 0.05) is 9.86 Å². The van der Waals surface area contributed by atoms with E-state index in [4.69, 9.17) is 9.47 Å². The number of aromatic hydroxyl groups is 1. The highest BCUT2D eigenvalue weighted by atomic mass is 79.9. The summed E-state index contributed by atoms with van der Waals surface area (Å²) in [6.45, 7) is -0.370. The monoisotopic (exact) mass is 421 g/mol. The van der Waals surface area contributed by atoms with Crippen LogP contribution in [0.1, 0.15) is 0 Å². The molecule has 1 heterocycles. The van der Waals surface area contributed by atoms with Crippen molar-refractivity contribution in [2.24, 2.45) is 10.2 Å². The van der Waals surface area contributed by atoms with Crippen molar-refractivity contribution in [2.75, 3.05) is 13.7 Å². The Balaban J connectivity index is 1.76. The second kappa shape index (κ2) is 7.52. The molecule has 0 spiro atoms. The van der Waals surface area contributed by atoms with E-state index < -0.39 is 11.7 Å². The van der Waals surface area contributed by atoms with E-state index in [1.54, 1.807) is 24.3 Å². The molecule has 0 unspecified atom stereocenters.